The van der Waals surface area contributed by atoms with Gasteiger partial charge in [0.25, 0.3) is 0 Å². The topological polar surface area (TPSA) is 18.5 Å². The lowest BCUT2D eigenvalue weighted by Gasteiger charge is -2.28. The maximum absolute atomic E-state index is 5.70. The van der Waals surface area contributed by atoms with Gasteiger partial charge in [-0.15, -0.1) is 0 Å². The molecule has 0 radical (unpaired) electrons. The molecule has 2 atom stereocenters. The van der Waals surface area contributed by atoms with Crippen molar-refractivity contribution in [3.05, 3.63) is 0 Å². The molecule has 1 saturated carbocycles. The zero-order valence-electron chi connectivity index (χ0n) is 10.3. The van der Waals surface area contributed by atoms with Crippen LogP contribution in [0.25, 0.3) is 0 Å². The summed E-state index contributed by atoms with van der Waals surface area (Å²) in [6.45, 7) is 5.06. The first kappa shape index (κ1) is 13.0. The van der Waals surface area contributed by atoms with Crippen molar-refractivity contribution < 1.29 is 9.47 Å². The van der Waals surface area contributed by atoms with E-state index in [2.05, 4.69) is 6.92 Å². The molecule has 0 amide bonds. The molecule has 0 aromatic heterocycles. The van der Waals surface area contributed by atoms with Crippen LogP contribution in [0.5, 0.6) is 0 Å². The van der Waals surface area contributed by atoms with Crippen LogP contribution in [0.2, 0.25) is 0 Å². The summed E-state index contributed by atoms with van der Waals surface area (Å²) in [5.74, 6) is 1.57. The first-order chi connectivity index (χ1) is 7.36. The zero-order chi connectivity index (χ0) is 10.9. The second kappa shape index (κ2) is 8.12. The Morgan fingerprint density at radius 1 is 1.13 bits per heavy atom. The normalized spacial score (nSPS) is 26.8. The van der Waals surface area contributed by atoms with E-state index in [4.69, 9.17) is 9.47 Å². The molecule has 1 aliphatic carbocycles. The monoisotopic (exact) mass is 214 g/mol. The summed E-state index contributed by atoms with van der Waals surface area (Å²) in [4.78, 5) is 0. The third-order valence-corrected chi connectivity index (χ3v) is 3.29. The van der Waals surface area contributed by atoms with Crippen molar-refractivity contribution in [2.24, 2.45) is 11.8 Å². The minimum atomic E-state index is 0.781. The maximum atomic E-state index is 5.70. The molecular formula is C13H26O2. The smallest absolute Gasteiger partial charge is 0.0494 e. The molecule has 2 nitrogen and oxygen atoms in total. The number of hydrogen-bond donors (Lipinski definition) is 0. The minimum Gasteiger partial charge on any atom is -0.384 e. The molecule has 0 N–H and O–H groups in total. The Morgan fingerprint density at radius 3 is 2.53 bits per heavy atom. The predicted octanol–water partition coefficient (Wildman–Crippen LogP) is 3.26. The first-order valence-corrected chi connectivity index (χ1v) is 6.43. The summed E-state index contributed by atoms with van der Waals surface area (Å²) in [6, 6.07) is 0. The lowest BCUT2D eigenvalue weighted by atomic mass is 9.82. The number of rotatable bonds is 7. The van der Waals surface area contributed by atoms with Crippen LogP contribution in [0, 0.1) is 11.8 Å². The fourth-order valence-corrected chi connectivity index (χ4v) is 2.44. The summed E-state index contributed by atoms with van der Waals surface area (Å²) < 4.78 is 10.9. The van der Waals surface area contributed by atoms with Crippen LogP contribution < -0.4 is 0 Å². The Hall–Kier alpha value is -0.0800. The van der Waals surface area contributed by atoms with Gasteiger partial charge in [0.05, 0.1) is 0 Å². The van der Waals surface area contributed by atoms with E-state index in [9.17, 15) is 0 Å². The van der Waals surface area contributed by atoms with Gasteiger partial charge in [-0.2, -0.15) is 0 Å². The van der Waals surface area contributed by atoms with Gasteiger partial charge in [0.2, 0.25) is 0 Å². The van der Waals surface area contributed by atoms with Gasteiger partial charge < -0.3 is 9.47 Å². The van der Waals surface area contributed by atoms with E-state index in [1.165, 1.54) is 38.5 Å². The van der Waals surface area contributed by atoms with Crippen molar-refractivity contribution in [2.45, 2.75) is 45.4 Å². The van der Waals surface area contributed by atoms with Gasteiger partial charge in [-0.05, 0) is 37.5 Å². The SMILES string of the molecule is CCCCOCC1CCCC(COC)C1. The molecule has 0 heterocycles. The molecule has 0 aliphatic heterocycles. The van der Waals surface area contributed by atoms with Gasteiger partial charge in [-0.1, -0.05) is 19.8 Å². The molecule has 1 rings (SSSR count). The van der Waals surface area contributed by atoms with Gasteiger partial charge in [0, 0.05) is 26.9 Å². The van der Waals surface area contributed by atoms with E-state index in [1.54, 1.807) is 7.11 Å². The lowest BCUT2D eigenvalue weighted by Crippen LogP contribution is -2.22. The molecule has 0 spiro atoms. The molecule has 1 fully saturated rings. The lowest BCUT2D eigenvalue weighted by molar-refractivity contribution is 0.0542. The van der Waals surface area contributed by atoms with Crippen LogP contribution in [0.4, 0.5) is 0 Å². The highest BCUT2D eigenvalue weighted by molar-refractivity contribution is 4.72. The molecule has 2 heteroatoms. The summed E-state index contributed by atoms with van der Waals surface area (Å²) in [7, 11) is 1.81. The highest BCUT2D eigenvalue weighted by atomic mass is 16.5. The average Bonchev–Trinajstić information content (AvgIpc) is 2.26. The fraction of sp³-hybridized carbons (Fsp3) is 1.00. The van der Waals surface area contributed by atoms with Crippen LogP contribution in [-0.4, -0.2) is 26.9 Å². The van der Waals surface area contributed by atoms with Gasteiger partial charge in [-0.25, -0.2) is 0 Å². The van der Waals surface area contributed by atoms with E-state index < -0.39 is 0 Å². The molecule has 1 aliphatic rings. The Balaban J connectivity index is 2.07. The molecular weight excluding hydrogens is 188 g/mol. The van der Waals surface area contributed by atoms with Crippen LogP contribution >= 0.6 is 0 Å². The molecule has 0 aromatic rings. The van der Waals surface area contributed by atoms with Crippen molar-refractivity contribution in [2.75, 3.05) is 26.9 Å². The number of ether oxygens (including phenoxy) is 2. The highest BCUT2D eigenvalue weighted by Crippen LogP contribution is 2.29. The molecule has 0 bridgehead atoms. The second-order valence-corrected chi connectivity index (χ2v) is 4.78. The summed E-state index contributed by atoms with van der Waals surface area (Å²) in [5.41, 5.74) is 0. The van der Waals surface area contributed by atoms with Gasteiger partial charge >= 0.3 is 0 Å². The quantitative estimate of drug-likeness (QED) is 0.606. The molecule has 15 heavy (non-hydrogen) atoms. The van der Waals surface area contributed by atoms with Crippen molar-refractivity contribution in [1.82, 2.24) is 0 Å². The van der Waals surface area contributed by atoms with Crippen molar-refractivity contribution in [3.8, 4) is 0 Å². The minimum absolute atomic E-state index is 0.781. The van der Waals surface area contributed by atoms with Crippen molar-refractivity contribution in [1.29, 1.82) is 0 Å². The summed E-state index contributed by atoms with van der Waals surface area (Å²) >= 11 is 0. The standard InChI is InChI=1S/C13H26O2/c1-3-4-8-15-11-13-7-5-6-12(9-13)10-14-2/h12-13H,3-11H2,1-2H3. The van der Waals surface area contributed by atoms with Crippen LogP contribution in [0.1, 0.15) is 45.4 Å². The van der Waals surface area contributed by atoms with Gasteiger partial charge in [0.1, 0.15) is 0 Å². The van der Waals surface area contributed by atoms with Gasteiger partial charge in [-0.3, -0.25) is 0 Å². The first-order valence-electron chi connectivity index (χ1n) is 6.43. The Labute approximate surface area is 94.3 Å². The largest absolute Gasteiger partial charge is 0.384 e. The number of hydrogen-bond acceptors (Lipinski definition) is 2. The summed E-state index contributed by atoms with van der Waals surface area (Å²) in [5, 5.41) is 0. The molecule has 0 aromatic carbocycles. The zero-order valence-corrected chi connectivity index (χ0v) is 10.3. The summed E-state index contributed by atoms with van der Waals surface area (Å²) in [6.07, 6.45) is 7.80. The Kier molecular flexibility index (Phi) is 7.03. The van der Waals surface area contributed by atoms with Crippen molar-refractivity contribution in [3.63, 3.8) is 0 Å². The fourth-order valence-electron chi connectivity index (χ4n) is 2.44. The predicted molar refractivity (Wildman–Crippen MR) is 63.1 cm³/mol. The van der Waals surface area contributed by atoms with E-state index in [-0.39, 0.29) is 0 Å². The van der Waals surface area contributed by atoms with Crippen molar-refractivity contribution >= 4 is 0 Å². The van der Waals surface area contributed by atoms with E-state index in [0.29, 0.717) is 0 Å². The molecule has 0 saturated heterocycles. The number of unbranched alkanes of at least 4 members (excludes halogenated alkanes) is 1. The van der Waals surface area contributed by atoms with Gasteiger partial charge in [0.15, 0.2) is 0 Å². The van der Waals surface area contributed by atoms with Crippen LogP contribution in [0.3, 0.4) is 0 Å². The third-order valence-electron chi connectivity index (χ3n) is 3.29. The highest BCUT2D eigenvalue weighted by Gasteiger charge is 2.21. The Morgan fingerprint density at radius 2 is 1.87 bits per heavy atom. The molecule has 90 valence electrons. The van der Waals surface area contributed by atoms with E-state index >= 15 is 0 Å². The Bertz CT molecular complexity index is 145. The maximum Gasteiger partial charge on any atom is 0.0494 e. The van der Waals surface area contributed by atoms with Crippen LogP contribution in [-0.2, 0) is 9.47 Å². The number of methoxy groups -OCH3 is 1. The second-order valence-electron chi connectivity index (χ2n) is 4.78. The average molecular weight is 214 g/mol. The van der Waals surface area contributed by atoms with E-state index in [0.717, 1.165) is 31.7 Å². The van der Waals surface area contributed by atoms with Crippen LogP contribution in [0.15, 0.2) is 0 Å². The molecule has 2 unspecified atom stereocenters. The van der Waals surface area contributed by atoms with E-state index in [1.807, 2.05) is 0 Å². The third kappa shape index (κ3) is 5.53.